The van der Waals surface area contributed by atoms with Crippen LogP contribution in [-0.2, 0) is 22.7 Å². The first-order valence-corrected chi connectivity index (χ1v) is 10.8. The lowest BCUT2D eigenvalue weighted by molar-refractivity contribution is -0.137. The van der Waals surface area contributed by atoms with Crippen LogP contribution in [0.2, 0.25) is 0 Å². The fraction of sp³-hybridized carbons (Fsp3) is 0.286. The zero-order valence-corrected chi connectivity index (χ0v) is 17.6. The number of aromatic nitrogens is 1. The number of aliphatic hydroxyl groups excluding tert-OH is 1. The van der Waals surface area contributed by atoms with Crippen LogP contribution in [0.15, 0.2) is 52.2 Å². The Kier molecular flexibility index (Phi) is 6.26. The molecule has 0 amide bonds. The summed E-state index contributed by atoms with van der Waals surface area (Å²) in [5.74, 6) is 0. The number of sulfonamides is 1. The van der Waals surface area contributed by atoms with E-state index in [1.54, 1.807) is 6.07 Å². The molecule has 3 aromatic rings. The van der Waals surface area contributed by atoms with E-state index in [9.17, 15) is 31.5 Å². The molecule has 0 saturated heterocycles. The number of hydrogen-bond donors (Lipinski definition) is 2. The molecule has 166 valence electrons. The summed E-state index contributed by atoms with van der Waals surface area (Å²) in [6.07, 6.45) is -4.71. The number of rotatable bonds is 6. The highest BCUT2D eigenvalue weighted by Gasteiger charge is 2.33. The summed E-state index contributed by atoms with van der Waals surface area (Å²) < 4.78 is 66.0. The van der Waals surface area contributed by atoms with Crippen molar-refractivity contribution in [3.8, 4) is 0 Å². The number of halogens is 3. The minimum Gasteiger partial charge on any atom is -0.395 e. The zero-order valence-electron chi connectivity index (χ0n) is 16.8. The Hall–Kier alpha value is -2.69. The van der Waals surface area contributed by atoms with E-state index >= 15 is 0 Å². The van der Waals surface area contributed by atoms with Crippen molar-refractivity contribution in [1.82, 2.24) is 9.29 Å². The largest absolute Gasteiger partial charge is 0.416 e. The summed E-state index contributed by atoms with van der Waals surface area (Å²) >= 11 is 0. The van der Waals surface area contributed by atoms with E-state index in [-0.39, 0.29) is 12.1 Å². The molecule has 0 saturated carbocycles. The number of aryl methyl sites for hydroxylation is 2. The number of fused-ring (bicyclic) bond motifs is 1. The van der Waals surface area contributed by atoms with Gasteiger partial charge in [0.05, 0.1) is 22.6 Å². The predicted octanol–water partition coefficient (Wildman–Crippen LogP) is 3.35. The van der Waals surface area contributed by atoms with Gasteiger partial charge >= 0.3 is 6.18 Å². The summed E-state index contributed by atoms with van der Waals surface area (Å²) in [7, 11) is -4.41. The van der Waals surface area contributed by atoms with Gasteiger partial charge < -0.3 is 10.1 Å². The second-order valence-electron chi connectivity index (χ2n) is 7.20. The lowest BCUT2D eigenvalue weighted by Gasteiger charge is -2.22. The first-order chi connectivity index (χ1) is 14.4. The molecular formula is C21H21F3N2O4S. The molecule has 2 N–H and O–H groups in total. The van der Waals surface area contributed by atoms with Crippen LogP contribution in [0.25, 0.3) is 10.9 Å². The maximum Gasteiger partial charge on any atom is 0.416 e. The van der Waals surface area contributed by atoms with Gasteiger partial charge in [0, 0.05) is 24.0 Å². The molecule has 0 aliphatic carbocycles. The molecule has 0 fully saturated rings. The van der Waals surface area contributed by atoms with Crippen molar-refractivity contribution in [3.63, 3.8) is 0 Å². The standard InChI is InChI=1S/C21H21F3N2O4S/c1-13-6-7-14(2)19-18(13)10-15(20(28)25-19)12-26(8-9-27)31(29,30)17-5-3-4-16(11-17)21(22,23)24/h3-7,10-11,27H,8-9,12H2,1-2H3,(H,25,28). The smallest absolute Gasteiger partial charge is 0.395 e. The lowest BCUT2D eigenvalue weighted by Crippen LogP contribution is -2.35. The molecule has 6 nitrogen and oxygen atoms in total. The van der Waals surface area contributed by atoms with Gasteiger partial charge in [-0.25, -0.2) is 8.42 Å². The van der Waals surface area contributed by atoms with Crippen molar-refractivity contribution in [2.45, 2.75) is 31.5 Å². The van der Waals surface area contributed by atoms with Gasteiger partial charge in [-0.15, -0.1) is 0 Å². The number of alkyl halides is 3. The second-order valence-corrected chi connectivity index (χ2v) is 9.14. The minimum absolute atomic E-state index is 0.116. The molecule has 10 heteroatoms. The third-order valence-corrected chi connectivity index (χ3v) is 6.86. The van der Waals surface area contributed by atoms with E-state index < -0.39 is 45.4 Å². The molecule has 31 heavy (non-hydrogen) atoms. The predicted molar refractivity (Wildman–Crippen MR) is 110 cm³/mol. The molecule has 3 rings (SSSR count). The highest BCUT2D eigenvalue weighted by Crippen LogP contribution is 2.31. The second kappa shape index (κ2) is 8.45. The van der Waals surface area contributed by atoms with E-state index in [1.807, 2.05) is 26.0 Å². The SMILES string of the molecule is Cc1ccc(C)c2[nH]c(=O)c(CN(CCO)S(=O)(=O)c3cccc(C(F)(F)F)c3)cc12. The Morgan fingerprint density at radius 2 is 1.74 bits per heavy atom. The van der Waals surface area contributed by atoms with Crippen LogP contribution >= 0.6 is 0 Å². The molecule has 1 aromatic heterocycles. The zero-order chi connectivity index (χ0) is 23.0. The van der Waals surface area contributed by atoms with Crippen LogP contribution in [0.5, 0.6) is 0 Å². The summed E-state index contributed by atoms with van der Waals surface area (Å²) in [6.45, 7) is 2.31. The van der Waals surface area contributed by atoms with Gasteiger partial charge in [-0.2, -0.15) is 17.5 Å². The average molecular weight is 454 g/mol. The number of H-pyrrole nitrogens is 1. The number of aromatic amines is 1. The molecule has 0 radical (unpaired) electrons. The van der Waals surface area contributed by atoms with E-state index in [0.29, 0.717) is 11.6 Å². The normalized spacial score (nSPS) is 12.6. The summed E-state index contributed by atoms with van der Waals surface area (Å²) in [5, 5.41) is 10.1. The van der Waals surface area contributed by atoms with E-state index in [0.717, 1.165) is 39.0 Å². The number of nitrogens with zero attached hydrogens (tertiary/aromatic N) is 1. The third kappa shape index (κ3) is 4.65. The summed E-state index contributed by atoms with van der Waals surface area (Å²) in [5.41, 5.74) is 0.838. The molecule has 0 atom stereocenters. The van der Waals surface area contributed by atoms with E-state index in [1.165, 1.54) is 0 Å². The van der Waals surface area contributed by atoms with Crippen LogP contribution in [0.3, 0.4) is 0 Å². The molecule has 0 aliphatic heterocycles. The van der Waals surface area contributed by atoms with Gasteiger partial charge in [0.25, 0.3) is 5.56 Å². The van der Waals surface area contributed by atoms with Gasteiger partial charge in [0.2, 0.25) is 10.0 Å². The number of hydrogen-bond acceptors (Lipinski definition) is 4. The van der Waals surface area contributed by atoms with Crippen LogP contribution in [0.4, 0.5) is 13.2 Å². The first kappa shape index (κ1) is 23.0. The van der Waals surface area contributed by atoms with Crippen molar-refractivity contribution >= 4 is 20.9 Å². The summed E-state index contributed by atoms with van der Waals surface area (Å²) in [6, 6.07) is 8.65. The number of benzene rings is 2. The van der Waals surface area contributed by atoms with Crippen molar-refractivity contribution in [3.05, 3.63) is 75.1 Å². The van der Waals surface area contributed by atoms with Gasteiger partial charge in [0.15, 0.2) is 0 Å². The van der Waals surface area contributed by atoms with Crippen LogP contribution in [0, 0.1) is 13.8 Å². The Balaban J connectivity index is 2.06. The lowest BCUT2D eigenvalue weighted by atomic mass is 10.0. The third-order valence-electron chi connectivity index (χ3n) is 5.02. The van der Waals surface area contributed by atoms with Crippen LogP contribution < -0.4 is 5.56 Å². The van der Waals surface area contributed by atoms with Crippen molar-refractivity contribution in [2.75, 3.05) is 13.2 Å². The average Bonchev–Trinajstić information content (AvgIpc) is 2.71. The first-order valence-electron chi connectivity index (χ1n) is 9.35. The molecule has 1 heterocycles. The Morgan fingerprint density at radius 1 is 1.06 bits per heavy atom. The molecule has 0 aliphatic rings. The quantitative estimate of drug-likeness (QED) is 0.598. The maximum atomic E-state index is 13.0. The van der Waals surface area contributed by atoms with Gasteiger partial charge in [-0.1, -0.05) is 18.2 Å². The number of pyridine rings is 1. The Labute approximate surface area is 177 Å². The molecule has 0 spiro atoms. The Morgan fingerprint density at radius 3 is 2.39 bits per heavy atom. The van der Waals surface area contributed by atoms with Crippen LogP contribution in [0.1, 0.15) is 22.3 Å². The Bertz CT molecular complexity index is 1280. The van der Waals surface area contributed by atoms with Gasteiger partial charge in [-0.05, 0) is 49.2 Å². The van der Waals surface area contributed by atoms with Crippen LogP contribution in [-0.4, -0.2) is 36.0 Å². The monoisotopic (exact) mass is 454 g/mol. The molecular weight excluding hydrogens is 433 g/mol. The van der Waals surface area contributed by atoms with E-state index in [2.05, 4.69) is 4.98 Å². The van der Waals surface area contributed by atoms with Crippen molar-refractivity contribution in [1.29, 1.82) is 0 Å². The van der Waals surface area contributed by atoms with Crippen molar-refractivity contribution < 1.29 is 26.7 Å². The maximum absolute atomic E-state index is 13.0. The topological polar surface area (TPSA) is 90.5 Å². The minimum atomic E-state index is -4.71. The molecule has 2 aromatic carbocycles. The van der Waals surface area contributed by atoms with E-state index in [4.69, 9.17) is 0 Å². The fourth-order valence-electron chi connectivity index (χ4n) is 3.30. The number of nitrogens with one attached hydrogen (secondary N) is 1. The highest BCUT2D eigenvalue weighted by atomic mass is 32.2. The fourth-order valence-corrected chi connectivity index (χ4v) is 4.76. The van der Waals surface area contributed by atoms with Gasteiger partial charge in [-0.3, -0.25) is 4.79 Å². The molecule has 0 bridgehead atoms. The highest BCUT2D eigenvalue weighted by molar-refractivity contribution is 7.89. The van der Waals surface area contributed by atoms with Crippen molar-refractivity contribution in [2.24, 2.45) is 0 Å². The number of aliphatic hydroxyl groups is 1. The molecule has 0 unspecified atom stereocenters. The summed E-state index contributed by atoms with van der Waals surface area (Å²) in [4.78, 5) is 14.8. The van der Waals surface area contributed by atoms with Gasteiger partial charge in [0.1, 0.15) is 0 Å².